The Bertz CT molecular complexity index is 1910. The monoisotopic (exact) mass is 493 g/mol. The SMILES string of the molecule is c1ccc(-c2nc(-c3ccccc3)nc(-n3c4ccncc4c4cc5oc6c(c5cc43)CCCC6)n2)cc1. The van der Waals surface area contributed by atoms with Crippen molar-refractivity contribution >= 4 is 32.8 Å². The quantitative estimate of drug-likeness (QED) is 0.258. The number of furan rings is 1. The maximum Gasteiger partial charge on any atom is 0.238 e. The van der Waals surface area contributed by atoms with Gasteiger partial charge in [0.25, 0.3) is 0 Å². The Balaban J connectivity index is 1.46. The molecule has 8 rings (SSSR count). The minimum absolute atomic E-state index is 0.584. The molecule has 0 aliphatic heterocycles. The lowest BCUT2D eigenvalue weighted by atomic mass is 9.95. The van der Waals surface area contributed by atoms with E-state index >= 15 is 0 Å². The Hall–Kier alpha value is -4.84. The highest BCUT2D eigenvalue weighted by atomic mass is 16.3. The maximum atomic E-state index is 6.35. The number of aromatic nitrogens is 5. The summed E-state index contributed by atoms with van der Waals surface area (Å²) in [5.74, 6) is 2.99. The minimum atomic E-state index is 0.584. The highest BCUT2D eigenvalue weighted by molar-refractivity contribution is 6.12. The predicted molar refractivity (Wildman–Crippen MR) is 149 cm³/mol. The van der Waals surface area contributed by atoms with Crippen molar-refractivity contribution in [2.45, 2.75) is 25.7 Å². The smallest absolute Gasteiger partial charge is 0.238 e. The second-order valence-corrected chi connectivity index (χ2v) is 9.82. The highest BCUT2D eigenvalue weighted by Gasteiger charge is 2.22. The Morgan fingerprint density at radius 2 is 1.37 bits per heavy atom. The molecule has 1 aliphatic rings. The van der Waals surface area contributed by atoms with Crippen LogP contribution in [0, 0.1) is 0 Å². The van der Waals surface area contributed by atoms with Crippen LogP contribution in [-0.2, 0) is 12.8 Å². The Labute approximate surface area is 218 Å². The fraction of sp³-hybridized carbons (Fsp3) is 0.125. The van der Waals surface area contributed by atoms with Gasteiger partial charge in [0.2, 0.25) is 5.95 Å². The second kappa shape index (κ2) is 8.35. The predicted octanol–water partition coefficient (Wildman–Crippen LogP) is 7.32. The van der Waals surface area contributed by atoms with Crippen LogP contribution in [0.3, 0.4) is 0 Å². The molecule has 6 heteroatoms. The van der Waals surface area contributed by atoms with Crippen LogP contribution in [0.1, 0.15) is 24.2 Å². The van der Waals surface area contributed by atoms with Crippen molar-refractivity contribution in [3.63, 3.8) is 0 Å². The first-order valence-corrected chi connectivity index (χ1v) is 13.0. The van der Waals surface area contributed by atoms with Crippen LogP contribution < -0.4 is 0 Å². The third-order valence-electron chi connectivity index (χ3n) is 7.53. The minimum Gasteiger partial charge on any atom is -0.461 e. The van der Waals surface area contributed by atoms with E-state index in [4.69, 9.17) is 19.4 Å². The summed E-state index contributed by atoms with van der Waals surface area (Å²) >= 11 is 0. The van der Waals surface area contributed by atoms with Crippen molar-refractivity contribution in [1.82, 2.24) is 24.5 Å². The van der Waals surface area contributed by atoms with Gasteiger partial charge in [-0.1, -0.05) is 60.7 Å². The number of hydrogen-bond acceptors (Lipinski definition) is 5. The molecule has 4 heterocycles. The van der Waals surface area contributed by atoms with Gasteiger partial charge in [-0.25, -0.2) is 4.98 Å². The zero-order chi connectivity index (χ0) is 25.1. The lowest BCUT2D eigenvalue weighted by Gasteiger charge is -2.11. The first-order valence-electron chi connectivity index (χ1n) is 13.0. The molecule has 0 N–H and O–H groups in total. The molecular formula is C32H23N5O. The van der Waals surface area contributed by atoms with Gasteiger partial charge in [-0.15, -0.1) is 0 Å². The topological polar surface area (TPSA) is 69.6 Å². The van der Waals surface area contributed by atoms with Gasteiger partial charge in [-0.2, -0.15) is 9.97 Å². The normalized spacial score (nSPS) is 13.4. The van der Waals surface area contributed by atoms with Crippen molar-refractivity contribution in [2.24, 2.45) is 0 Å². The Morgan fingerprint density at radius 1 is 0.658 bits per heavy atom. The molecule has 0 spiro atoms. The number of nitrogens with zero attached hydrogens (tertiary/aromatic N) is 5. The van der Waals surface area contributed by atoms with E-state index < -0.39 is 0 Å². The number of hydrogen-bond donors (Lipinski definition) is 0. The number of aryl methyl sites for hydroxylation is 2. The van der Waals surface area contributed by atoms with E-state index in [0.29, 0.717) is 17.6 Å². The van der Waals surface area contributed by atoms with Crippen molar-refractivity contribution in [3.05, 3.63) is 103 Å². The zero-order valence-electron chi connectivity index (χ0n) is 20.6. The lowest BCUT2D eigenvalue weighted by molar-refractivity contribution is 0.506. The number of benzene rings is 3. The van der Waals surface area contributed by atoms with Crippen LogP contribution >= 0.6 is 0 Å². The van der Waals surface area contributed by atoms with Crippen molar-refractivity contribution < 1.29 is 4.42 Å². The molecule has 4 aromatic heterocycles. The molecule has 0 saturated heterocycles. The molecule has 7 aromatic rings. The molecule has 6 nitrogen and oxygen atoms in total. The van der Waals surface area contributed by atoms with E-state index in [1.54, 1.807) is 0 Å². The molecule has 0 saturated carbocycles. The van der Waals surface area contributed by atoms with Gasteiger partial charge in [-0.3, -0.25) is 9.55 Å². The van der Waals surface area contributed by atoms with Crippen LogP contribution in [0.2, 0.25) is 0 Å². The molecule has 38 heavy (non-hydrogen) atoms. The largest absolute Gasteiger partial charge is 0.461 e. The summed E-state index contributed by atoms with van der Waals surface area (Å²) < 4.78 is 8.49. The van der Waals surface area contributed by atoms with Gasteiger partial charge in [-0.05, 0) is 37.5 Å². The molecule has 182 valence electrons. The summed E-state index contributed by atoms with van der Waals surface area (Å²) in [4.78, 5) is 19.4. The van der Waals surface area contributed by atoms with Gasteiger partial charge in [0.15, 0.2) is 11.6 Å². The van der Waals surface area contributed by atoms with Crippen LogP contribution in [0.4, 0.5) is 0 Å². The molecule has 0 atom stereocenters. The Kier molecular flexibility index (Phi) is 4.67. The van der Waals surface area contributed by atoms with E-state index in [0.717, 1.165) is 57.1 Å². The average Bonchev–Trinajstić information content (AvgIpc) is 3.51. The van der Waals surface area contributed by atoms with Crippen LogP contribution in [0.25, 0.3) is 61.5 Å². The van der Waals surface area contributed by atoms with Crippen LogP contribution in [-0.4, -0.2) is 24.5 Å². The van der Waals surface area contributed by atoms with E-state index in [9.17, 15) is 0 Å². The number of rotatable bonds is 3. The Morgan fingerprint density at radius 3 is 2.11 bits per heavy atom. The summed E-state index contributed by atoms with van der Waals surface area (Å²) in [7, 11) is 0. The molecule has 0 amide bonds. The molecule has 0 fully saturated rings. The van der Waals surface area contributed by atoms with Crippen molar-refractivity contribution in [3.8, 4) is 28.7 Å². The fourth-order valence-corrected chi connectivity index (χ4v) is 5.73. The number of fused-ring (bicyclic) bond motifs is 6. The molecule has 0 bridgehead atoms. The molecule has 0 radical (unpaired) electrons. The summed E-state index contributed by atoms with van der Waals surface area (Å²) in [5, 5.41) is 3.31. The van der Waals surface area contributed by atoms with E-state index in [-0.39, 0.29) is 0 Å². The first kappa shape index (κ1) is 21.3. The third-order valence-corrected chi connectivity index (χ3v) is 7.53. The van der Waals surface area contributed by atoms with Crippen molar-refractivity contribution in [1.29, 1.82) is 0 Å². The molecule has 3 aromatic carbocycles. The van der Waals surface area contributed by atoms with Gasteiger partial charge >= 0.3 is 0 Å². The van der Waals surface area contributed by atoms with E-state index in [1.807, 2.05) is 79.1 Å². The molecule has 1 aliphatic carbocycles. The summed E-state index contributed by atoms with van der Waals surface area (Å²) in [6.07, 6.45) is 8.17. The first-order chi connectivity index (χ1) is 18.8. The van der Waals surface area contributed by atoms with Crippen LogP contribution in [0.15, 0.2) is 95.7 Å². The second-order valence-electron chi connectivity index (χ2n) is 9.82. The van der Waals surface area contributed by atoms with Gasteiger partial charge in [0.1, 0.15) is 11.3 Å². The van der Waals surface area contributed by atoms with Gasteiger partial charge in [0, 0.05) is 51.7 Å². The summed E-state index contributed by atoms with van der Waals surface area (Å²) in [6.45, 7) is 0. The third kappa shape index (κ3) is 3.27. The van der Waals surface area contributed by atoms with Crippen LogP contribution in [0.5, 0.6) is 0 Å². The molecular weight excluding hydrogens is 470 g/mol. The average molecular weight is 494 g/mol. The lowest BCUT2D eigenvalue weighted by Crippen LogP contribution is -2.06. The summed E-state index contributed by atoms with van der Waals surface area (Å²) in [5.41, 5.74) is 6.22. The van der Waals surface area contributed by atoms with E-state index in [2.05, 4.69) is 21.7 Å². The summed E-state index contributed by atoms with van der Waals surface area (Å²) in [6, 6.07) is 26.6. The molecule has 0 unspecified atom stereocenters. The van der Waals surface area contributed by atoms with Gasteiger partial charge in [0.05, 0.1) is 11.0 Å². The fourth-order valence-electron chi connectivity index (χ4n) is 5.73. The zero-order valence-corrected chi connectivity index (χ0v) is 20.6. The standard InChI is InChI=1S/C32H23N5O/c1-3-9-20(10-4-1)30-34-31(21-11-5-2-6-12-21)36-32(35-30)37-26-15-16-33-19-25(26)23-18-29-24(17-27(23)37)22-13-7-8-14-28(22)38-29/h1-6,9-12,15-19H,7-8,13-14H2. The van der Waals surface area contributed by atoms with Gasteiger partial charge < -0.3 is 4.42 Å². The van der Waals surface area contributed by atoms with Crippen molar-refractivity contribution in [2.75, 3.05) is 0 Å². The maximum absolute atomic E-state index is 6.35. The van der Waals surface area contributed by atoms with E-state index in [1.165, 1.54) is 23.8 Å². The number of pyridine rings is 1. The highest BCUT2D eigenvalue weighted by Crippen LogP contribution is 2.38.